The Balaban J connectivity index is 2.27. The van der Waals surface area contributed by atoms with E-state index in [0.717, 1.165) is 5.71 Å². The number of nitrogens with zero attached hydrogens (tertiary/aromatic N) is 6. The fourth-order valence-electron chi connectivity index (χ4n) is 3.07. The van der Waals surface area contributed by atoms with Crippen LogP contribution in [0.1, 0.15) is 20.8 Å². The summed E-state index contributed by atoms with van der Waals surface area (Å²) in [5, 5.41) is 6.22. The first-order valence-corrected chi connectivity index (χ1v) is 8.35. The lowest BCUT2D eigenvalue weighted by atomic mass is 10.2. The van der Waals surface area contributed by atoms with Crippen LogP contribution in [-0.4, -0.2) is 44.7 Å². The van der Waals surface area contributed by atoms with Crippen molar-refractivity contribution in [3.05, 3.63) is 20.8 Å². The molecule has 2 aromatic heterocycles. The Morgan fingerprint density at radius 2 is 2.00 bits per heavy atom. The van der Waals surface area contributed by atoms with Gasteiger partial charge in [0.15, 0.2) is 11.2 Å². The van der Waals surface area contributed by atoms with E-state index in [1.165, 1.54) is 9.13 Å². The van der Waals surface area contributed by atoms with Crippen molar-refractivity contribution in [2.24, 2.45) is 18.1 Å². The lowest BCUT2D eigenvalue weighted by molar-refractivity contribution is 0.205. The van der Waals surface area contributed by atoms with Crippen molar-refractivity contribution in [3.8, 4) is 0 Å². The molecule has 136 valence electrons. The van der Waals surface area contributed by atoms with Gasteiger partial charge in [-0.25, -0.2) is 9.80 Å². The molecule has 0 radical (unpaired) electrons. The number of fused-ring (bicyclic) bond motifs is 3. The standard InChI is InChI=1S/C16H24N6O3/c1-10(2)8-21-14(23)12-13(19(4)16(21)24)17-15-20(12)9-11(3)18-22(15)6-7-25-5/h10H,6-9H2,1-5H3. The molecule has 9 heteroatoms. The Morgan fingerprint density at radius 3 is 2.64 bits per heavy atom. The fraction of sp³-hybridized carbons (Fsp3) is 0.625. The summed E-state index contributed by atoms with van der Waals surface area (Å²) in [6, 6.07) is 0. The van der Waals surface area contributed by atoms with Crippen LogP contribution in [0, 0.1) is 5.92 Å². The maximum Gasteiger partial charge on any atom is 0.332 e. The molecule has 0 atom stereocenters. The Labute approximate surface area is 145 Å². The normalized spacial score (nSPS) is 14.3. The minimum Gasteiger partial charge on any atom is -0.383 e. The summed E-state index contributed by atoms with van der Waals surface area (Å²) >= 11 is 0. The minimum absolute atomic E-state index is 0.188. The second-order valence-corrected chi connectivity index (χ2v) is 6.77. The van der Waals surface area contributed by atoms with Gasteiger partial charge in [-0.05, 0) is 12.8 Å². The van der Waals surface area contributed by atoms with Gasteiger partial charge in [-0.1, -0.05) is 13.8 Å². The van der Waals surface area contributed by atoms with Gasteiger partial charge < -0.3 is 4.74 Å². The van der Waals surface area contributed by atoms with Crippen LogP contribution in [-0.2, 0) is 24.9 Å². The quantitative estimate of drug-likeness (QED) is 0.780. The SMILES string of the molecule is COCCN1N=C(C)Cn2c1nc1c2c(=O)n(CC(C)C)c(=O)n1C. The average molecular weight is 348 g/mol. The zero-order chi connectivity index (χ0) is 18.3. The molecule has 1 aliphatic rings. The summed E-state index contributed by atoms with van der Waals surface area (Å²) in [5.74, 6) is 0.750. The zero-order valence-electron chi connectivity index (χ0n) is 15.3. The fourth-order valence-corrected chi connectivity index (χ4v) is 3.07. The minimum atomic E-state index is -0.345. The molecule has 0 bridgehead atoms. The number of ether oxygens (including phenoxy) is 1. The number of aromatic nitrogens is 4. The Bertz CT molecular complexity index is 949. The van der Waals surface area contributed by atoms with Crippen LogP contribution in [0.3, 0.4) is 0 Å². The molecule has 25 heavy (non-hydrogen) atoms. The molecule has 1 aliphatic heterocycles. The maximum atomic E-state index is 13.0. The third-order valence-corrected chi connectivity index (χ3v) is 4.18. The summed E-state index contributed by atoms with van der Waals surface area (Å²) in [4.78, 5) is 30.1. The third kappa shape index (κ3) is 2.88. The molecule has 9 nitrogen and oxygen atoms in total. The predicted octanol–water partition coefficient (Wildman–Crippen LogP) is 0.395. The molecule has 0 fully saturated rings. The Morgan fingerprint density at radius 1 is 1.28 bits per heavy atom. The van der Waals surface area contributed by atoms with E-state index in [2.05, 4.69) is 10.1 Å². The summed E-state index contributed by atoms with van der Waals surface area (Å²) in [6.45, 7) is 7.72. The van der Waals surface area contributed by atoms with Gasteiger partial charge in [-0.15, -0.1) is 0 Å². The zero-order valence-corrected chi connectivity index (χ0v) is 15.3. The monoisotopic (exact) mass is 348 g/mol. The molecule has 0 aliphatic carbocycles. The molecule has 0 saturated carbocycles. The maximum absolute atomic E-state index is 13.0. The number of methoxy groups -OCH3 is 1. The number of hydrogen-bond donors (Lipinski definition) is 0. The first-order valence-electron chi connectivity index (χ1n) is 8.35. The van der Waals surface area contributed by atoms with Gasteiger partial charge >= 0.3 is 5.69 Å². The van der Waals surface area contributed by atoms with Gasteiger partial charge in [0, 0.05) is 20.7 Å². The van der Waals surface area contributed by atoms with Crippen molar-refractivity contribution in [3.63, 3.8) is 0 Å². The van der Waals surface area contributed by atoms with Crippen molar-refractivity contribution in [2.75, 3.05) is 25.3 Å². The molecule has 3 heterocycles. The van der Waals surface area contributed by atoms with Gasteiger partial charge in [0.25, 0.3) is 5.56 Å². The first kappa shape index (κ1) is 17.4. The van der Waals surface area contributed by atoms with Crippen LogP contribution in [0.2, 0.25) is 0 Å². The molecule has 2 aromatic rings. The molecule has 0 saturated heterocycles. The largest absolute Gasteiger partial charge is 0.383 e. The molecule has 3 rings (SSSR count). The Kier molecular flexibility index (Phi) is 4.51. The van der Waals surface area contributed by atoms with Crippen molar-refractivity contribution in [1.29, 1.82) is 0 Å². The molecular weight excluding hydrogens is 324 g/mol. The number of aryl methyl sites for hydroxylation is 1. The van der Waals surface area contributed by atoms with E-state index in [1.54, 1.807) is 19.2 Å². The van der Waals surface area contributed by atoms with E-state index in [9.17, 15) is 9.59 Å². The van der Waals surface area contributed by atoms with E-state index in [4.69, 9.17) is 4.74 Å². The number of anilines is 1. The first-order chi connectivity index (χ1) is 11.8. The highest BCUT2D eigenvalue weighted by molar-refractivity contribution is 5.87. The molecular formula is C16H24N6O3. The molecule has 0 spiro atoms. The highest BCUT2D eigenvalue weighted by Gasteiger charge is 2.26. The van der Waals surface area contributed by atoms with E-state index in [1.807, 2.05) is 25.3 Å². The van der Waals surface area contributed by atoms with Crippen LogP contribution >= 0.6 is 0 Å². The number of rotatable bonds is 5. The number of hydrogen-bond acceptors (Lipinski definition) is 6. The van der Waals surface area contributed by atoms with Crippen LogP contribution < -0.4 is 16.3 Å². The lowest BCUT2D eigenvalue weighted by Gasteiger charge is -2.24. The number of hydrazone groups is 1. The Hall–Kier alpha value is -2.42. The topological polar surface area (TPSA) is 86.7 Å². The molecule has 0 unspecified atom stereocenters. The van der Waals surface area contributed by atoms with Gasteiger partial charge in [0.2, 0.25) is 5.95 Å². The van der Waals surface area contributed by atoms with Crippen LogP contribution in [0.4, 0.5) is 5.95 Å². The van der Waals surface area contributed by atoms with Crippen molar-refractivity contribution in [2.45, 2.75) is 33.9 Å². The smallest absolute Gasteiger partial charge is 0.332 e. The summed E-state index contributed by atoms with van der Waals surface area (Å²) in [5.41, 5.74) is 1.05. The molecule has 0 N–H and O–H groups in total. The second-order valence-electron chi connectivity index (χ2n) is 6.77. The van der Waals surface area contributed by atoms with Crippen LogP contribution in [0.25, 0.3) is 11.2 Å². The van der Waals surface area contributed by atoms with Crippen molar-refractivity contribution < 1.29 is 4.74 Å². The van der Waals surface area contributed by atoms with Crippen LogP contribution in [0.5, 0.6) is 0 Å². The van der Waals surface area contributed by atoms with Crippen molar-refractivity contribution in [1.82, 2.24) is 18.7 Å². The van der Waals surface area contributed by atoms with Gasteiger partial charge in [-0.2, -0.15) is 10.1 Å². The van der Waals surface area contributed by atoms with Crippen molar-refractivity contribution >= 4 is 22.8 Å². The summed E-state index contributed by atoms with van der Waals surface area (Å²) in [7, 11) is 3.27. The van der Waals surface area contributed by atoms with E-state index in [0.29, 0.717) is 43.4 Å². The van der Waals surface area contributed by atoms with Gasteiger partial charge in [0.05, 0.1) is 25.4 Å². The van der Waals surface area contributed by atoms with E-state index >= 15 is 0 Å². The second kappa shape index (κ2) is 6.47. The number of imidazole rings is 1. The highest BCUT2D eigenvalue weighted by atomic mass is 16.5. The molecule has 0 amide bonds. The lowest BCUT2D eigenvalue weighted by Crippen LogP contribution is -2.41. The van der Waals surface area contributed by atoms with Gasteiger partial charge in [-0.3, -0.25) is 18.5 Å². The highest BCUT2D eigenvalue weighted by Crippen LogP contribution is 2.23. The van der Waals surface area contributed by atoms with E-state index in [-0.39, 0.29) is 17.2 Å². The third-order valence-electron chi connectivity index (χ3n) is 4.18. The summed E-state index contributed by atoms with van der Waals surface area (Å²) in [6.07, 6.45) is 0. The van der Waals surface area contributed by atoms with Gasteiger partial charge in [0.1, 0.15) is 0 Å². The average Bonchev–Trinajstić information content (AvgIpc) is 2.94. The van der Waals surface area contributed by atoms with E-state index < -0.39 is 0 Å². The molecule has 0 aromatic carbocycles. The summed E-state index contributed by atoms with van der Waals surface area (Å²) < 4.78 is 9.70. The predicted molar refractivity (Wildman–Crippen MR) is 96.4 cm³/mol. The van der Waals surface area contributed by atoms with Crippen LogP contribution in [0.15, 0.2) is 14.7 Å².